The van der Waals surface area contributed by atoms with Crippen molar-refractivity contribution in [2.24, 2.45) is 0 Å². The molecule has 0 saturated carbocycles. The van der Waals surface area contributed by atoms with E-state index in [9.17, 15) is 4.79 Å². The predicted octanol–water partition coefficient (Wildman–Crippen LogP) is 1.43. The van der Waals surface area contributed by atoms with Crippen molar-refractivity contribution in [2.75, 3.05) is 11.1 Å². The average molecular weight is 226 g/mol. The molecule has 1 amide bonds. The van der Waals surface area contributed by atoms with E-state index in [1.807, 2.05) is 0 Å². The summed E-state index contributed by atoms with van der Waals surface area (Å²) in [7, 11) is 0. The van der Waals surface area contributed by atoms with Gasteiger partial charge < -0.3 is 5.73 Å². The molecule has 2 aromatic rings. The molecular weight excluding hydrogens is 220 g/mol. The molecule has 2 rings (SSSR count). The molecule has 0 aromatic carbocycles. The van der Waals surface area contributed by atoms with Gasteiger partial charge in [0.05, 0.1) is 5.69 Å². The zero-order valence-electron chi connectivity index (χ0n) is 6.93. The SMILES string of the molecule is Nc1ccsc1C(=O)Nc1nncs1. The molecule has 0 spiro atoms. The van der Waals surface area contributed by atoms with Gasteiger partial charge in [-0.05, 0) is 11.4 Å². The molecule has 2 heterocycles. The first-order chi connectivity index (χ1) is 6.77. The summed E-state index contributed by atoms with van der Waals surface area (Å²) in [6, 6.07) is 1.69. The molecule has 0 radical (unpaired) electrons. The molecule has 0 unspecified atom stereocenters. The molecule has 0 saturated heterocycles. The highest BCUT2D eigenvalue weighted by Gasteiger charge is 2.12. The van der Waals surface area contributed by atoms with Crippen LogP contribution in [0.25, 0.3) is 0 Å². The topological polar surface area (TPSA) is 80.9 Å². The largest absolute Gasteiger partial charge is 0.397 e. The van der Waals surface area contributed by atoms with Crippen molar-refractivity contribution in [3.63, 3.8) is 0 Å². The summed E-state index contributed by atoms with van der Waals surface area (Å²) in [4.78, 5) is 12.1. The Balaban J connectivity index is 2.14. The molecule has 0 fully saturated rings. The maximum Gasteiger partial charge on any atom is 0.269 e. The maximum absolute atomic E-state index is 11.6. The predicted molar refractivity (Wildman–Crippen MR) is 56.6 cm³/mol. The molecule has 14 heavy (non-hydrogen) atoms. The second-order valence-electron chi connectivity index (χ2n) is 2.40. The van der Waals surface area contributed by atoms with E-state index in [4.69, 9.17) is 5.73 Å². The van der Waals surface area contributed by atoms with Crippen LogP contribution in [0.5, 0.6) is 0 Å². The van der Waals surface area contributed by atoms with Crippen LogP contribution in [0, 0.1) is 0 Å². The van der Waals surface area contributed by atoms with Crippen molar-refractivity contribution in [1.82, 2.24) is 10.2 Å². The summed E-state index contributed by atoms with van der Waals surface area (Å²) in [6.07, 6.45) is 0. The van der Waals surface area contributed by atoms with E-state index in [-0.39, 0.29) is 5.91 Å². The van der Waals surface area contributed by atoms with Gasteiger partial charge in [-0.2, -0.15) is 0 Å². The van der Waals surface area contributed by atoms with Gasteiger partial charge in [-0.3, -0.25) is 10.1 Å². The lowest BCUT2D eigenvalue weighted by atomic mass is 10.4. The standard InChI is InChI=1S/C7H6N4OS2/c8-4-1-2-13-5(4)6(12)10-7-11-9-3-14-7/h1-3H,8H2,(H,10,11,12). The number of rotatable bonds is 2. The molecule has 0 aliphatic rings. The number of amides is 1. The van der Waals surface area contributed by atoms with Crippen molar-refractivity contribution in [3.05, 3.63) is 21.8 Å². The fraction of sp³-hybridized carbons (Fsp3) is 0. The highest BCUT2D eigenvalue weighted by atomic mass is 32.1. The Labute approximate surface area is 87.6 Å². The lowest BCUT2D eigenvalue weighted by Crippen LogP contribution is -2.11. The van der Waals surface area contributed by atoms with Gasteiger partial charge in [0.15, 0.2) is 0 Å². The third-order valence-corrected chi connectivity index (χ3v) is 3.02. The van der Waals surface area contributed by atoms with Gasteiger partial charge in [0.2, 0.25) is 5.13 Å². The number of nitrogen functional groups attached to an aromatic ring is 1. The van der Waals surface area contributed by atoms with Crippen molar-refractivity contribution >= 4 is 39.4 Å². The number of hydrogen-bond donors (Lipinski definition) is 2. The molecule has 0 aliphatic heterocycles. The fourth-order valence-corrected chi connectivity index (χ4v) is 2.04. The number of nitrogens with two attached hydrogens (primary N) is 1. The van der Waals surface area contributed by atoms with Gasteiger partial charge in [-0.1, -0.05) is 11.3 Å². The first-order valence-electron chi connectivity index (χ1n) is 3.68. The number of anilines is 2. The molecule has 0 bridgehead atoms. The average Bonchev–Trinajstić information content (AvgIpc) is 2.75. The number of nitrogens with zero attached hydrogens (tertiary/aromatic N) is 2. The van der Waals surface area contributed by atoms with Crippen molar-refractivity contribution < 1.29 is 4.79 Å². The van der Waals surface area contributed by atoms with Gasteiger partial charge in [0.25, 0.3) is 5.91 Å². The maximum atomic E-state index is 11.6. The number of thiophene rings is 1. The van der Waals surface area contributed by atoms with E-state index in [0.717, 1.165) is 0 Å². The van der Waals surface area contributed by atoms with Crippen LogP contribution in [0.4, 0.5) is 10.8 Å². The number of carbonyl (C=O) groups excluding carboxylic acids is 1. The van der Waals surface area contributed by atoms with Crippen molar-refractivity contribution in [2.45, 2.75) is 0 Å². The van der Waals surface area contributed by atoms with Crippen LogP contribution >= 0.6 is 22.7 Å². The molecule has 0 aliphatic carbocycles. The minimum Gasteiger partial charge on any atom is -0.397 e. The van der Waals surface area contributed by atoms with Gasteiger partial charge in [0.1, 0.15) is 10.4 Å². The summed E-state index contributed by atoms with van der Waals surface area (Å²) in [6.45, 7) is 0. The monoisotopic (exact) mass is 226 g/mol. The Kier molecular flexibility index (Phi) is 2.42. The Hall–Kier alpha value is -1.47. The van der Waals surface area contributed by atoms with E-state index >= 15 is 0 Å². The summed E-state index contributed by atoms with van der Waals surface area (Å²) in [5, 5.41) is 12.1. The number of aromatic nitrogens is 2. The zero-order valence-corrected chi connectivity index (χ0v) is 8.56. The summed E-state index contributed by atoms with van der Waals surface area (Å²) in [5.41, 5.74) is 7.62. The minimum absolute atomic E-state index is 0.241. The molecular formula is C7H6N4OS2. The van der Waals surface area contributed by atoms with Gasteiger partial charge in [-0.15, -0.1) is 21.5 Å². The molecule has 2 aromatic heterocycles. The highest BCUT2D eigenvalue weighted by Crippen LogP contribution is 2.20. The normalized spacial score (nSPS) is 10.0. The van der Waals surface area contributed by atoms with E-state index in [2.05, 4.69) is 15.5 Å². The van der Waals surface area contributed by atoms with E-state index in [1.54, 1.807) is 17.0 Å². The first kappa shape index (κ1) is 9.10. The third kappa shape index (κ3) is 1.73. The van der Waals surface area contributed by atoms with Crippen molar-refractivity contribution in [3.8, 4) is 0 Å². The third-order valence-electron chi connectivity index (χ3n) is 1.48. The van der Waals surface area contributed by atoms with E-state index in [0.29, 0.717) is 15.7 Å². The van der Waals surface area contributed by atoms with Crippen LogP contribution in [0.15, 0.2) is 17.0 Å². The van der Waals surface area contributed by atoms with Crippen LogP contribution in [-0.2, 0) is 0 Å². The molecule has 7 heteroatoms. The fourth-order valence-electron chi connectivity index (χ4n) is 0.885. The second kappa shape index (κ2) is 3.72. The Morgan fingerprint density at radius 3 is 2.93 bits per heavy atom. The van der Waals surface area contributed by atoms with Crippen LogP contribution < -0.4 is 11.1 Å². The minimum atomic E-state index is -0.241. The highest BCUT2D eigenvalue weighted by molar-refractivity contribution is 7.14. The quantitative estimate of drug-likeness (QED) is 0.811. The second-order valence-corrected chi connectivity index (χ2v) is 4.15. The lowest BCUT2D eigenvalue weighted by Gasteiger charge is -1.98. The van der Waals surface area contributed by atoms with Gasteiger partial charge >= 0.3 is 0 Å². The van der Waals surface area contributed by atoms with Crippen LogP contribution in [-0.4, -0.2) is 16.1 Å². The van der Waals surface area contributed by atoms with E-state index in [1.165, 1.54) is 22.7 Å². The van der Waals surface area contributed by atoms with Crippen molar-refractivity contribution in [1.29, 1.82) is 0 Å². The Morgan fingerprint density at radius 1 is 1.50 bits per heavy atom. The summed E-state index contributed by atoms with van der Waals surface area (Å²) in [5.74, 6) is -0.241. The molecule has 0 atom stereocenters. The van der Waals surface area contributed by atoms with Crippen LogP contribution in [0.2, 0.25) is 0 Å². The van der Waals surface area contributed by atoms with Crippen LogP contribution in [0.1, 0.15) is 9.67 Å². The number of carbonyl (C=O) groups is 1. The summed E-state index contributed by atoms with van der Waals surface area (Å²) < 4.78 is 0. The first-order valence-corrected chi connectivity index (χ1v) is 5.44. The molecule has 5 nitrogen and oxygen atoms in total. The lowest BCUT2D eigenvalue weighted by molar-refractivity contribution is 0.103. The van der Waals surface area contributed by atoms with Gasteiger partial charge in [-0.25, -0.2) is 0 Å². The van der Waals surface area contributed by atoms with Gasteiger partial charge in [0, 0.05) is 0 Å². The molecule has 72 valence electrons. The van der Waals surface area contributed by atoms with E-state index < -0.39 is 0 Å². The Bertz CT molecular complexity index is 436. The Morgan fingerprint density at radius 2 is 2.36 bits per heavy atom. The smallest absolute Gasteiger partial charge is 0.269 e. The summed E-state index contributed by atoms with van der Waals surface area (Å²) >= 11 is 2.56. The zero-order chi connectivity index (χ0) is 9.97. The number of hydrogen-bond acceptors (Lipinski definition) is 6. The molecule has 3 N–H and O–H groups in total. The van der Waals surface area contributed by atoms with Crippen LogP contribution in [0.3, 0.4) is 0 Å². The number of nitrogens with one attached hydrogen (secondary N) is 1.